The van der Waals surface area contributed by atoms with E-state index in [1.165, 1.54) is 0 Å². The molecule has 0 spiro atoms. The van der Waals surface area contributed by atoms with Crippen LogP contribution in [0.25, 0.3) is 0 Å². The molecular formula is C10H17N3O. The number of anilines is 1. The molecule has 1 aliphatic rings. The van der Waals surface area contributed by atoms with Gasteiger partial charge in [-0.1, -0.05) is 13.8 Å². The first-order valence-electron chi connectivity index (χ1n) is 4.96. The van der Waals surface area contributed by atoms with Crippen molar-refractivity contribution in [3.63, 3.8) is 0 Å². The largest absolute Gasteiger partial charge is 0.382 e. The zero-order chi connectivity index (χ0) is 10.2. The Morgan fingerprint density at radius 2 is 2.50 bits per heavy atom. The molecule has 1 aliphatic heterocycles. The number of ether oxygens (including phenoxy) is 1. The lowest BCUT2D eigenvalue weighted by molar-refractivity contribution is 0.0853. The van der Waals surface area contributed by atoms with Gasteiger partial charge in [0.05, 0.1) is 19.3 Å². The fourth-order valence-electron chi connectivity index (χ4n) is 1.88. The number of aromatic nitrogens is 2. The summed E-state index contributed by atoms with van der Waals surface area (Å²) in [5.41, 5.74) is 5.84. The van der Waals surface area contributed by atoms with Gasteiger partial charge in [-0.05, 0) is 17.9 Å². The summed E-state index contributed by atoms with van der Waals surface area (Å²) >= 11 is 0. The fourth-order valence-corrected chi connectivity index (χ4v) is 1.88. The van der Waals surface area contributed by atoms with Gasteiger partial charge in [0.15, 0.2) is 0 Å². The first-order valence-corrected chi connectivity index (χ1v) is 4.96. The lowest BCUT2D eigenvalue weighted by Crippen LogP contribution is -2.16. The Bertz CT molecular complexity index is 319. The van der Waals surface area contributed by atoms with Crippen LogP contribution in [0.2, 0.25) is 0 Å². The monoisotopic (exact) mass is 195 g/mol. The van der Waals surface area contributed by atoms with Crippen LogP contribution >= 0.6 is 0 Å². The molecule has 78 valence electrons. The van der Waals surface area contributed by atoms with Gasteiger partial charge in [-0.25, -0.2) is 0 Å². The third kappa shape index (κ3) is 2.07. The lowest BCUT2D eigenvalue weighted by Gasteiger charge is -2.13. The summed E-state index contributed by atoms with van der Waals surface area (Å²) in [4.78, 5) is 0. The van der Waals surface area contributed by atoms with Crippen LogP contribution in [0.4, 0.5) is 5.82 Å². The summed E-state index contributed by atoms with van der Waals surface area (Å²) in [5, 5.41) is 4.14. The Labute approximate surface area is 84.0 Å². The molecule has 0 aliphatic carbocycles. The predicted octanol–water partition coefficient (Wildman–Crippen LogP) is 1.28. The maximum Gasteiger partial charge on any atom is 0.145 e. The van der Waals surface area contributed by atoms with Crippen molar-refractivity contribution in [1.82, 2.24) is 9.78 Å². The second-order valence-electron chi connectivity index (χ2n) is 4.76. The summed E-state index contributed by atoms with van der Waals surface area (Å²) in [6.07, 6.45) is 3.26. The molecular weight excluding hydrogens is 178 g/mol. The van der Waals surface area contributed by atoms with Crippen molar-refractivity contribution in [1.29, 1.82) is 0 Å². The van der Waals surface area contributed by atoms with Gasteiger partial charge >= 0.3 is 0 Å². The van der Waals surface area contributed by atoms with Gasteiger partial charge in [-0.15, -0.1) is 0 Å². The van der Waals surface area contributed by atoms with Crippen LogP contribution in [0.1, 0.15) is 20.3 Å². The van der Waals surface area contributed by atoms with E-state index in [1.54, 1.807) is 6.07 Å². The number of hydrogen-bond donors (Lipinski definition) is 1. The molecule has 1 unspecified atom stereocenters. The van der Waals surface area contributed by atoms with Gasteiger partial charge in [-0.3, -0.25) is 4.68 Å². The second kappa shape index (κ2) is 3.28. The van der Waals surface area contributed by atoms with Crippen molar-refractivity contribution in [2.45, 2.75) is 32.9 Å². The van der Waals surface area contributed by atoms with E-state index in [0.29, 0.717) is 11.2 Å². The van der Waals surface area contributed by atoms with E-state index in [9.17, 15) is 0 Å². The molecule has 1 saturated heterocycles. The standard InChI is InChI=1S/C10H17N3O/c1-10(2)5-8(14-7-10)6-13-4-3-9(11)12-13/h3-4,8H,5-7H2,1-2H3,(H2,11,12). The smallest absolute Gasteiger partial charge is 0.145 e. The highest BCUT2D eigenvalue weighted by molar-refractivity contribution is 5.23. The van der Waals surface area contributed by atoms with Crippen LogP contribution in [0.5, 0.6) is 0 Å². The van der Waals surface area contributed by atoms with E-state index >= 15 is 0 Å². The zero-order valence-electron chi connectivity index (χ0n) is 8.73. The van der Waals surface area contributed by atoms with Crippen molar-refractivity contribution >= 4 is 5.82 Å². The van der Waals surface area contributed by atoms with Gasteiger partial charge in [0.1, 0.15) is 5.82 Å². The molecule has 2 rings (SSSR count). The van der Waals surface area contributed by atoms with Crippen LogP contribution in [-0.4, -0.2) is 22.5 Å². The van der Waals surface area contributed by atoms with E-state index in [2.05, 4.69) is 18.9 Å². The first kappa shape index (κ1) is 9.52. The zero-order valence-corrected chi connectivity index (χ0v) is 8.73. The van der Waals surface area contributed by atoms with Gasteiger partial charge < -0.3 is 10.5 Å². The van der Waals surface area contributed by atoms with Crippen molar-refractivity contribution in [2.24, 2.45) is 5.41 Å². The molecule has 0 aromatic carbocycles. The van der Waals surface area contributed by atoms with Crippen LogP contribution in [-0.2, 0) is 11.3 Å². The number of nitrogens with zero attached hydrogens (tertiary/aromatic N) is 2. The highest BCUT2D eigenvalue weighted by Crippen LogP contribution is 2.31. The minimum atomic E-state index is 0.282. The summed E-state index contributed by atoms with van der Waals surface area (Å²) < 4.78 is 7.53. The minimum Gasteiger partial charge on any atom is -0.382 e. The minimum absolute atomic E-state index is 0.282. The third-order valence-corrected chi connectivity index (χ3v) is 2.54. The number of nitrogens with two attached hydrogens (primary N) is 1. The predicted molar refractivity (Wildman–Crippen MR) is 54.8 cm³/mol. The lowest BCUT2D eigenvalue weighted by atomic mass is 9.91. The van der Waals surface area contributed by atoms with E-state index < -0.39 is 0 Å². The molecule has 1 fully saturated rings. The molecule has 0 radical (unpaired) electrons. The summed E-state index contributed by atoms with van der Waals surface area (Å²) in [7, 11) is 0. The van der Waals surface area contributed by atoms with Crippen LogP contribution < -0.4 is 5.73 Å². The average molecular weight is 195 g/mol. The summed E-state index contributed by atoms with van der Waals surface area (Å²) in [6, 6.07) is 1.81. The van der Waals surface area contributed by atoms with Gasteiger partial charge in [0, 0.05) is 6.20 Å². The maximum absolute atomic E-state index is 5.68. The van der Waals surface area contributed by atoms with E-state index in [0.717, 1.165) is 19.6 Å². The molecule has 1 aromatic rings. The Balaban J connectivity index is 1.94. The molecule has 4 nitrogen and oxygen atoms in total. The Hall–Kier alpha value is -1.03. The molecule has 2 N–H and O–H groups in total. The molecule has 1 aromatic heterocycles. The molecule has 2 heterocycles. The Kier molecular flexibility index (Phi) is 2.23. The number of nitrogen functional groups attached to an aromatic ring is 1. The Morgan fingerprint density at radius 3 is 3.00 bits per heavy atom. The molecule has 0 saturated carbocycles. The van der Waals surface area contributed by atoms with E-state index in [4.69, 9.17) is 10.5 Å². The van der Waals surface area contributed by atoms with Crippen LogP contribution in [0.15, 0.2) is 12.3 Å². The summed E-state index contributed by atoms with van der Waals surface area (Å²) in [6.45, 7) is 6.10. The molecule has 0 bridgehead atoms. The van der Waals surface area contributed by atoms with E-state index in [-0.39, 0.29) is 6.10 Å². The number of hydrogen-bond acceptors (Lipinski definition) is 3. The Morgan fingerprint density at radius 1 is 1.71 bits per heavy atom. The normalized spacial score (nSPS) is 25.4. The van der Waals surface area contributed by atoms with Gasteiger partial charge in [0.2, 0.25) is 0 Å². The van der Waals surface area contributed by atoms with Gasteiger partial charge in [0.25, 0.3) is 0 Å². The van der Waals surface area contributed by atoms with Crippen molar-refractivity contribution in [3.05, 3.63) is 12.3 Å². The first-order chi connectivity index (χ1) is 6.55. The summed E-state index contributed by atoms with van der Waals surface area (Å²) in [5.74, 6) is 0.572. The molecule has 0 amide bonds. The van der Waals surface area contributed by atoms with Crippen LogP contribution in [0.3, 0.4) is 0 Å². The fraction of sp³-hybridized carbons (Fsp3) is 0.700. The molecule has 4 heteroatoms. The average Bonchev–Trinajstić information content (AvgIpc) is 2.59. The third-order valence-electron chi connectivity index (χ3n) is 2.54. The van der Waals surface area contributed by atoms with Gasteiger partial charge in [-0.2, -0.15) is 5.10 Å². The van der Waals surface area contributed by atoms with Crippen molar-refractivity contribution < 1.29 is 4.74 Å². The quantitative estimate of drug-likeness (QED) is 0.773. The van der Waals surface area contributed by atoms with Crippen molar-refractivity contribution in [3.8, 4) is 0 Å². The second-order valence-corrected chi connectivity index (χ2v) is 4.76. The van der Waals surface area contributed by atoms with Crippen molar-refractivity contribution in [2.75, 3.05) is 12.3 Å². The molecule has 14 heavy (non-hydrogen) atoms. The topological polar surface area (TPSA) is 53.1 Å². The highest BCUT2D eigenvalue weighted by atomic mass is 16.5. The van der Waals surface area contributed by atoms with Crippen LogP contribution in [0, 0.1) is 5.41 Å². The number of rotatable bonds is 2. The highest BCUT2D eigenvalue weighted by Gasteiger charge is 2.31. The van der Waals surface area contributed by atoms with E-state index in [1.807, 2.05) is 10.9 Å². The maximum atomic E-state index is 5.68. The molecule has 1 atom stereocenters. The SMILES string of the molecule is CC1(C)COC(Cn2ccc(N)n2)C1.